The van der Waals surface area contributed by atoms with Gasteiger partial charge in [-0.15, -0.1) is 0 Å². The molecule has 0 saturated heterocycles. The van der Waals surface area contributed by atoms with Crippen molar-refractivity contribution in [3.8, 4) is 11.4 Å². The molecular weight excluding hydrogens is 257 g/mol. The summed E-state index contributed by atoms with van der Waals surface area (Å²) >= 11 is 0. The van der Waals surface area contributed by atoms with Crippen LogP contribution in [0, 0.1) is 24.6 Å². The van der Waals surface area contributed by atoms with Crippen molar-refractivity contribution in [2.45, 2.75) is 6.92 Å². The molecule has 7 heteroatoms. The van der Waals surface area contributed by atoms with Crippen molar-refractivity contribution in [3.63, 3.8) is 0 Å². The Morgan fingerprint density at radius 1 is 1.00 bits per heavy atom. The zero-order valence-corrected chi connectivity index (χ0v) is 9.71. The summed E-state index contributed by atoms with van der Waals surface area (Å²) in [6.07, 6.45) is 0. The molecule has 0 aliphatic rings. The van der Waals surface area contributed by atoms with E-state index in [9.17, 15) is 13.2 Å². The minimum Gasteiger partial charge on any atom is -0.321 e. The van der Waals surface area contributed by atoms with Crippen LogP contribution in [0.4, 0.5) is 13.2 Å². The molecule has 0 aliphatic carbocycles. The fraction of sp³-hybridized carbons (Fsp3) is 0.0833. The predicted molar refractivity (Wildman–Crippen MR) is 61.7 cm³/mol. The zero-order chi connectivity index (χ0) is 13.6. The lowest BCUT2D eigenvalue weighted by molar-refractivity contribution is 0.458. The number of fused-ring (bicyclic) bond motifs is 1. The van der Waals surface area contributed by atoms with Gasteiger partial charge >= 0.3 is 0 Å². The van der Waals surface area contributed by atoms with E-state index >= 15 is 0 Å². The van der Waals surface area contributed by atoms with E-state index in [-0.39, 0.29) is 17.1 Å². The van der Waals surface area contributed by atoms with Gasteiger partial charge < -0.3 is 4.98 Å². The lowest BCUT2D eigenvalue weighted by atomic mass is 10.1. The molecule has 0 aliphatic heterocycles. The topological polar surface area (TPSA) is 54.5 Å². The van der Waals surface area contributed by atoms with Crippen LogP contribution in [-0.4, -0.2) is 19.9 Å². The number of hydrogen-bond acceptors (Lipinski definition) is 3. The third kappa shape index (κ3) is 1.92. The molecule has 0 fully saturated rings. The summed E-state index contributed by atoms with van der Waals surface area (Å²) in [7, 11) is 0. The van der Waals surface area contributed by atoms with Gasteiger partial charge in [0.15, 0.2) is 5.65 Å². The van der Waals surface area contributed by atoms with Gasteiger partial charge in [0.2, 0.25) is 5.65 Å². The first-order valence-electron chi connectivity index (χ1n) is 5.40. The first-order valence-corrected chi connectivity index (χ1v) is 5.40. The second-order valence-electron chi connectivity index (χ2n) is 4.03. The summed E-state index contributed by atoms with van der Waals surface area (Å²) < 4.78 is 39.3. The number of rotatable bonds is 1. The van der Waals surface area contributed by atoms with Gasteiger partial charge in [-0.05, 0) is 18.6 Å². The van der Waals surface area contributed by atoms with Gasteiger partial charge in [-0.1, -0.05) is 12.1 Å². The summed E-state index contributed by atoms with van der Waals surface area (Å²) in [5, 5.41) is 0. The maximum atomic E-state index is 13.5. The Morgan fingerprint density at radius 2 is 1.74 bits per heavy atom. The van der Waals surface area contributed by atoms with E-state index < -0.39 is 17.7 Å². The summed E-state index contributed by atoms with van der Waals surface area (Å²) in [6.45, 7) is 1.63. The van der Waals surface area contributed by atoms with Gasteiger partial charge in [0.25, 0.3) is 11.9 Å². The lowest BCUT2D eigenvalue weighted by Gasteiger charge is -1.99. The first kappa shape index (κ1) is 11.6. The lowest BCUT2D eigenvalue weighted by Crippen LogP contribution is -1.94. The molecule has 0 unspecified atom stereocenters. The second kappa shape index (κ2) is 4.04. The number of hydrogen-bond donors (Lipinski definition) is 1. The molecule has 0 atom stereocenters. The zero-order valence-electron chi connectivity index (χ0n) is 9.71. The molecular formula is C12H7F3N4. The van der Waals surface area contributed by atoms with Gasteiger partial charge in [-0.2, -0.15) is 18.7 Å². The molecule has 0 saturated carbocycles. The van der Waals surface area contributed by atoms with Crippen molar-refractivity contribution in [1.29, 1.82) is 0 Å². The normalized spacial score (nSPS) is 11.2. The van der Waals surface area contributed by atoms with Crippen LogP contribution in [0.5, 0.6) is 0 Å². The summed E-state index contributed by atoms with van der Waals surface area (Å²) in [6, 6.07) is 4.50. The molecule has 96 valence electrons. The second-order valence-corrected chi connectivity index (χ2v) is 4.03. The van der Waals surface area contributed by atoms with E-state index in [1.165, 1.54) is 6.07 Å². The maximum Gasteiger partial charge on any atom is 0.270 e. The van der Waals surface area contributed by atoms with Crippen LogP contribution in [0.15, 0.2) is 18.2 Å². The van der Waals surface area contributed by atoms with Crippen molar-refractivity contribution in [1.82, 2.24) is 19.9 Å². The average Bonchev–Trinajstić information content (AvgIpc) is 2.76. The molecule has 0 spiro atoms. The van der Waals surface area contributed by atoms with Crippen molar-refractivity contribution in [3.05, 3.63) is 41.5 Å². The number of aromatic amines is 1. The molecule has 1 aromatic carbocycles. The molecule has 4 nitrogen and oxygen atoms in total. The third-order valence-corrected chi connectivity index (χ3v) is 2.70. The molecule has 1 N–H and O–H groups in total. The van der Waals surface area contributed by atoms with Crippen molar-refractivity contribution >= 4 is 11.3 Å². The van der Waals surface area contributed by atoms with Crippen LogP contribution in [0.2, 0.25) is 0 Å². The third-order valence-electron chi connectivity index (χ3n) is 2.70. The van der Waals surface area contributed by atoms with Crippen LogP contribution in [0.3, 0.4) is 0 Å². The number of nitrogens with one attached hydrogen (secondary N) is 1. The fourth-order valence-electron chi connectivity index (χ4n) is 1.67. The molecule has 19 heavy (non-hydrogen) atoms. The molecule has 0 bridgehead atoms. The minimum atomic E-state index is -1.32. The van der Waals surface area contributed by atoms with Gasteiger partial charge in [0.05, 0.1) is 0 Å². The minimum absolute atomic E-state index is 0.00915. The van der Waals surface area contributed by atoms with Crippen LogP contribution < -0.4 is 0 Å². The SMILES string of the molecule is Cc1ccc(-c2nc3nc(F)c(F)nc3[nH]2)cc1F. The molecule has 3 aromatic rings. The van der Waals surface area contributed by atoms with E-state index in [2.05, 4.69) is 19.9 Å². The van der Waals surface area contributed by atoms with Crippen LogP contribution >= 0.6 is 0 Å². The average molecular weight is 264 g/mol. The first-order chi connectivity index (χ1) is 9.04. The Labute approximate surface area is 105 Å². The van der Waals surface area contributed by atoms with Gasteiger partial charge in [0.1, 0.15) is 11.6 Å². The molecule has 2 aromatic heterocycles. The Hall–Kier alpha value is -2.44. The van der Waals surface area contributed by atoms with Crippen molar-refractivity contribution in [2.75, 3.05) is 0 Å². The fourth-order valence-corrected chi connectivity index (χ4v) is 1.67. The quantitative estimate of drug-likeness (QED) is 0.735. The number of H-pyrrole nitrogens is 1. The Balaban J connectivity index is 2.17. The standard InChI is InChI=1S/C12H7F3N4/c1-5-2-3-6(4-7(5)13)10-18-11-12(19-10)17-9(15)8(14)16-11/h2-4H,1H3,(H,16,17,18,19). The maximum absolute atomic E-state index is 13.5. The van der Waals surface area contributed by atoms with Gasteiger partial charge in [0, 0.05) is 5.56 Å². The largest absolute Gasteiger partial charge is 0.321 e. The van der Waals surface area contributed by atoms with Crippen molar-refractivity contribution in [2.24, 2.45) is 0 Å². The van der Waals surface area contributed by atoms with Gasteiger partial charge in [-0.25, -0.2) is 9.37 Å². The Bertz CT molecular complexity index is 743. The molecule has 2 heterocycles. The highest BCUT2D eigenvalue weighted by atomic mass is 19.2. The summed E-state index contributed by atoms with van der Waals surface area (Å²) in [4.78, 5) is 13.3. The van der Waals surface area contributed by atoms with E-state index in [0.29, 0.717) is 11.1 Å². The summed E-state index contributed by atoms with van der Waals surface area (Å²) in [5.41, 5.74) is 0.890. The number of nitrogens with zero attached hydrogens (tertiary/aromatic N) is 3. The highest BCUT2D eigenvalue weighted by Gasteiger charge is 2.13. The number of aromatic nitrogens is 4. The number of benzene rings is 1. The van der Waals surface area contributed by atoms with Crippen LogP contribution in [0.1, 0.15) is 5.56 Å². The van der Waals surface area contributed by atoms with Crippen LogP contribution in [-0.2, 0) is 0 Å². The molecule has 3 rings (SSSR count). The predicted octanol–water partition coefficient (Wildman–Crippen LogP) is 2.75. The molecule has 0 radical (unpaired) electrons. The Kier molecular flexibility index (Phi) is 2.48. The highest BCUT2D eigenvalue weighted by Crippen LogP contribution is 2.21. The smallest absolute Gasteiger partial charge is 0.270 e. The highest BCUT2D eigenvalue weighted by molar-refractivity contribution is 5.72. The van der Waals surface area contributed by atoms with Crippen LogP contribution in [0.25, 0.3) is 22.7 Å². The van der Waals surface area contributed by atoms with E-state index in [1.54, 1.807) is 19.1 Å². The number of imidazole rings is 1. The van der Waals surface area contributed by atoms with E-state index in [4.69, 9.17) is 0 Å². The van der Waals surface area contributed by atoms with Gasteiger partial charge in [-0.3, -0.25) is 0 Å². The number of halogens is 3. The van der Waals surface area contributed by atoms with E-state index in [1.807, 2.05) is 0 Å². The Morgan fingerprint density at radius 3 is 2.47 bits per heavy atom. The van der Waals surface area contributed by atoms with E-state index in [0.717, 1.165) is 0 Å². The monoisotopic (exact) mass is 264 g/mol. The number of aryl methyl sites for hydroxylation is 1. The summed E-state index contributed by atoms with van der Waals surface area (Å²) in [5.74, 6) is -2.77. The molecule has 0 amide bonds. The van der Waals surface area contributed by atoms with Crippen molar-refractivity contribution < 1.29 is 13.2 Å².